The van der Waals surface area contributed by atoms with Crippen LogP contribution in [0.15, 0.2) is 0 Å². The maximum absolute atomic E-state index is 12.3. The van der Waals surface area contributed by atoms with Gasteiger partial charge in [-0.25, -0.2) is 0 Å². The first-order chi connectivity index (χ1) is 10.4. The molecule has 0 saturated carbocycles. The van der Waals surface area contributed by atoms with Crippen LogP contribution in [0, 0.1) is 6.92 Å². The van der Waals surface area contributed by atoms with Crippen molar-refractivity contribution in [2.24, 2.45) is 0 Å². The second-order valence-corrected chi connectivity index (χ2v) is 5.32. The topological polar surface area (TPSA) is 91.1 Å². The number of ketones is 1. The number of H-pyrrole nitrogens is 1. The van der Waals surface area contributed by atoms with Crippen LogP contribution in [0.3, 0.4) is 0 Å². The third kappa shape index (κ3) is 4.44. The Kier molecular flexibility index (Phi) is 6.82. The number of aryl methyl sites for hydroxylation is 1. The average molecular weight is 307 g/mol. The molecule has 0 bridgehead atoms. The lowest BCUT2D eigenvalue weighted by molar-refractivity contribution is -0.120. The summed E-state index contributed by atoms with van der Waals surface area (Å²) in [4.78, 5) is 38.6. The molecular formula is C16H25N3O3. The van der Waals surface area contributed by atoms with Gasteiger partial charge >= 0.3 is 0 Å². The lowest BCUT2D eigenvalue weighted by Gasteiger charge is -2.07. The van der Waals surface area contributed by atoms with Gasteiger partial charge in [0.25, 0.3) is 5.91 Å². The Morgan fingerprint density at radius 2 is 1.77 bits per heavy atom. The van der Waals surface area contributed by atoms with Gasteiger partial charge in [-0.3, -0.25) is 14.4 Å². The molecule has 0 atom stereocenters. The number of carbonyl (C=O) groups excluding carboxylic acids is 3. The number of hydrogen-bond donors (Lipinski definition) is 3. The van der Waals surface area contributed by atoms with E-state index in [1.807, 2.05) is 13.8 Å². The Hall–Kier alpha value is -2.11. The van der Waals surface area contributed by atoms with Crippen molar-refractivity contribution in [3.8, 4) is 0 Å². The predicted octanol–water partition coefficient (Wildman–Crippen LogP) is 1.73. The standard InChI is InChI=1S/C16H25N3O3/c1-5-7-12-14(11(4)20)10(3)19-15(12)16(22)18-9-13(21)17-8-6-2/h19H,5-9H2,1-4H3,(H,17,21)(H,18,22). The monoisotopic (exact) mass is 307 g/mol. The molecule has 122 valence electrons. The summed E-state index contributed by atoms with van der Waals surface area (Å²) in [5.41, 5.74) is 2.39. The molecule has 0 spiro atoms. The Morgan fingerprint density at radius 3 is 2.32 bits per heavy atom. The molecule has 3 N–H and O–H groups in total. The molecule has 1 rings (SSSR count). The van der Waals surface area contributed by atoms with Crippen molar-refractivity contribution in [1.29, 1.82) is 0 Å². The van der Waals surface area contributed by atoms with Crippen LogP contribution in [0.5, 0.6) is 0 Å². The van der Waals surface area contributed by atoms with E-state index in [-0.39, 0.29) is 24.1 Å². The fourth-order valence-electron chi connectivity index (χ4n) is 2.42. The van der Waals surface area contributed by atoms with Gasteiger partial charge in [-0.2, -0.15) is 0 Å². The molecule has 0 saturated heterocycles. The van der Waals surface area contributed by atoms with Gasteiger partial charge in [-0.15, -0.1) is 0 Å². The number of carbonyl (C=O) groups is 3. The number of nitrogens with one attached hydrogen (secondary N) is 3. The first kappa shape index (κ1) is 17.9. The molecule has 1 aromatic heterocycles. The van der Waals surface area contributed by atoms with Gasteiger partial charge < -0.3 is 15.6 Å². The lowest BCUT2D eigenvalue weighted by Crippen LogP contribution is -2.37. The summed E-state index contributed by atoms with van der Waals surface area (Å²) in [5.74, 6) is -0.634. The Labute approximate surface area is 131 Å². The summed E-state index contributed by atoms with van der Waals surface area (Å²) >= 11 is 0. The van der Waals surface area contributed by atoms with E-state index >= 15 is 0 Å². The van der Waals surface area contributed by atoms with Crippen LogP contribution in [0.1, 0.15) is 65.7 Å². The van der Waals surface area contributed by atoms with Crippen molar-refractivity contribution in [1.82, 2.24) is 15.6 Å². The van der Waals surface area contributed by atoms with E-state index in [1.54, 1.807) is 6.92 Å². The van der Waals surface area contributed by atoms with Crippen LogP contribution >= 0.6 is 0 Å². The van der Waals surface area contributed by atoms with E-state index in [9.17, 15) is 14.4 Å². The molecule has 0 unspecified atom stereocenters. The molecule has 0 aromatic carbocycles. The van der Waals surface area contributed by atoms with Crippen molar-refractivity contribution in [3.63, 3.8) is 0 Å². The molecule has 6 nitrogen and oxygen atoms in total. The Morgan fingerprint density at radius 1 is 1.09 bits per heavy atom. The third-order valence-electron chi connectivity index (χ3n) is 3.35. The fraction of sp³-hybridized carbons (Fsp3) is 0.562. The molecule has 6 heteroatoms. The number of aromatic amines is 1. The number of Topliss-reactive ketones (excluding diaryl/α,β-unsaturated/α-hetero) is 1. The van der Waals surface area contributed by atoms with Gasteiger partial charge in [0.15, 0.2) is 5.78 Å². The zero-order valence-electron chi connectivity index (χ0n) is 13.8. The highest BCUT2D eigenvalue weighted by Gasteiger charge is 2.22. The summed E-state index contributed by atoms with van der Waals surface area (Å²) in [7, 11) is 0. The largest absolute Gasteiger partial charge is 0.355 e. The van der Waals surface area contributed by atoms with Crippen LogP contribution in [0.2, 0.25) is 0 Å². The highest BCUT2D eigenvalue weighted by molar-refractivity contribution is 6.03. The van der Waals surface area contributed by atoms with Crippen molar-refractivity contribution in [2.45, 2.75) is 47.0 Å². The minimum Gasteiger partial charge on any atom is -0.355 e. The Bertz CT molecular complexity index is 561. The predicted molar refractivity (Wildman–Crippen MR) is 85.2 cm³/mol. The highest BCUT2D eigenvalue weighted by atomic mass is 16.2. The second-order valence-electron chi connectivity index (χ2n) is 5.32. The summed E-state index contributed by atoms with van der Waals surface area (Å²) in [5, 5.41) is 5.29. The summed E-state index contributed by atoms with van der Waals surface area (Å²) in [6.07, 6.45) is 2.32. The Balaban J connectivity index is 2.87. The van der Waals surface area contributed by atoms with Crippen molar-refractivity contribution < 1.29 is 14.4 Å². The molecular weight excluding hydrogens is 282 g/mol. The van der Waals surface area contributed by atoms with E-state index in [2.05, 4.69) is 15.6 Å². The molecule has 0 aliphatic rings. The quantitative estimate of drug-likeness (QED) is 0.639. The zero-order chi connectivity index (χ0) is 16.7. The first-order valence-corrected chi connectivity index (χ1v) is 7.69. The zero-order valence-corrected chi connectivity index (χ0v) is 13.8. The smallest absolute Gasteiger partial charge is 0.268 e. The van der Waals surface area contributed by atoms with E-state index in [4.69, 9.17) is 0 Å². The summed E-state index contributed by atoms with van der Waals surface area (Å²) < 4.78 is 0. The number of amides is 2. The van der Waals surface area contributed by atoms with Crippen LogP contribution < -0.4 is 10.6 Å². The third-order valence-corrected chi connectivity index (χ3v) is 3.35. The summed E-state index contributed by atoms with van der Waals surface area (Å²) in [6, 6.07) is 0. The van der Waals surface area contributed by atoms with Crippen molar-refractivity contribution >= 4 is 17.6 Å². The molecule has 0 radical (unpaired) electrons. The van der Waals surface area contributed by atoms with Gasteiger partial charge in [-0.1, -0.05) is 20.3 Å². The van der Waals surface area contributed by atoms with Crippen molar-refractivity contribution in [3.05, 3.63) is 22.5 Å². The maximum atomic E-state index is 12.3. The average Bonchev–Trinajstić information content (AvgIpc) is 2.79. The maximum Gasteiger partial charge on any atom is 0.268 e. The van der Waals surface area contributed by atoms with Gasteiger partial charge in [0.2, 0.25) is 5.91 Å². The van der Waals surface area contributed by atoms with Crippen LogP contribution in [0.4, 0.5) is 0 Å². The number of hydrogen-bond acceptors (Lipinski definition) is 3. The molecule has 0 fully saturated rings. The van der Waals surface area contributed by atoms with E-state index in [0.29, 0.717) is 29.9 Å². The number of aromatic nitrogens is 1. The van der Waals surface area contributed by atoms with Crippen molar-refractivity contribution in [2.75, 3.05) is 13.1 Å². The molecule has 2 amide bonds. The highest BCUT2D eigenvalue weighted by Crippen LogP contribution is 2.21. The molecule has 22 heavy (non-hydrogen) atoms. The van der Waals surface area contributed by atoms with Gasteiger partial charge in [0.1, 0.15) is 5.69 Å². The van der Waals surface area contributed by atoms with Gasteiger partial charge in [0, 0.05) is 17.8 Å². The second kappa shape index (κ2) is 8.36. The number of rotatable bonds is 8. The minimum atomic E-state index is -0.356. The SMILES string of the molecule is CCCNC(=O)CNC(=O)c1[nH]c(C)c(C(C)=O)c1CCC. The first-order valence-electron chi connectivity index (χ1n) is 7.69. The molecule has 0 aliphatic carbocycles. The van der Waals surface area contributed by atoms with E-state index in [0.717, 1.165) is 18.4 Å². The normalized spacial score (nSPS) is 10.4. The van der Waals surface area contributed by atoms with Gasteiger partial charge in [0.05, 0.1) is 6.54 Å². The van der Waals surface area contributed by atoms with E-state index in [1.165, 1.54) is 6.92 Å². The molecule has 1 heterocycles. The summed E-state index contributed by atoms with van der Waals surface area (Å²) in [6.45, 7) is 7.74. The molecule has 1 aromatic rings. The lowest BCUT2D eigenvalue weighted by atomic mass is 10.0. The van der Waals surface area contributed by atoms with Crippen LogP contribution in [-0.4, -0.2) is 35.7 Å². The fourth-order valence-corrected chi connectivity index (χ4v) is 2.42. The minimum absolute atomic E-state index is 0.0584. The van der Waals surface area contributed by atoms with Crippen LogP contribution in [0.25, 0.3) is 0 Å². The molecule has 0 aliphatic heterocycles. The van der Waals surface area contributed by atoms with E-state index < -0.39 is 0 Å². The van der Waals surface area contributed by atoms with Gasteiger partial charge in [-0.05, 0) is 32.3 Å². The van der Waals surface area contributed by atoms with Crippen LogP contribution in [-0.2, 0) is 11.2 Å².